The number of amides is 1. The van der Waals surface area contributed by atoms with E-state index in [-0.39, 0.29) is 0 Å². The summed E-state index contributed by atoms with van der Waals surface area (Å²) in [4.78, 5) is 11.9. The van der Waals surface area contributed by atoms with Gasteiger partial charge in [0.1, 0.15) is 5.75 Å². The van der Waals surface area contributed by atoms with Gasteiger partial charge >= 0.3 is 12.1 Å². The minimum atomic E-state index is -4.97. The number of nitrogens with one attached hydrogen (secondary N) is 1. The molecular formula is C21H24F3NO2. The predicted octanol–water partition coefficient (Wildman–Crippen LogP) is 4.96. The highest BCUT2D eigenvalue weighted by Crippen LogP contribution is 2.45. The molecule has 27 heavy (non-hydrogen) atoms. The standard InChI is InChI=1S/C21H24F3NO2/c1-5-19(2,15-11-13-17(27-4)14-12-15)20(3,16-9-7-6-8-10-16)25-18(26)21(22,23)24/h6-14H,5H2,1-4H3,(H,25,26)/t19-,20+/m0/s1. The molecule has 0 fully saturated rings. The van der Waals surface area contributed by atoms with E-state index >= 15 is 0 Å². The first kappa shape index (κ1) is 20.8. The van der Waals surface area contributed by atoms with Crippen LogP contribution in [0.3, 0.4) is 0 Å². The summed E-state index contributed by atoms with van der Waals surface area (Å²) >= 11 is 0. The monoisotopic (exact) mass is 379 g/mol. The Labute approximate surface area is 157 Å². The van der Waals surface area contributed by atoms with Gasteiger partial charge in [-0.25, -0.2) is 0 Å². The van der Waals surface area contributed by atoms with E-state index < -0.39 is 23.0 Å². The lowest BCUT2D eigenvalue weighted by atomic mass is 9.62. The average molecular weight is 379 g/mol. The average Bonchev–Trinajstić information content (AvgIpc) is 2.67. The lowest BCUT2D eigenvalue weighted by molar-refractivity contribution is -0.176. The first-order chi connectivity index (χ1) is 12.6. The quantitative estimate of drug-likeness (QED) is 0.771. The molecule has 1 amide bonds. The van der Waals surface area contributed by atoms with Crippen LogP contribution in [-0.4, -0.2) is 19.2 Å². The molecule has 0 aliphatic heterocycles. The molecular weight excluding hydrogens is 355 g/mol. The third kappa shape index (κ3) is 3.94. The van der Waals surface area contributed by atoms with Gasteiger partial charge in [0.25, 0.3) is 0 Å². The van der Waals surface area contributed by atoms with Crippen LogP contribution in [0.5, 0.6) is 5.75 Å². The van der Waals surface area contributed by atoms with Crippen molar-refractivity contribution in [2.45, 2.75) is 44.3 Å². The maximum Gasteiger partial charge on any atom is 0.471 e. The van der Waals surface area contributed by atoms with Crippen LogP contribution in [0.2, 0.25) is 0 Å². The van der Waals surface area contributed by atoms with E-state index in [1.807, 2.05) is 26.0 Å². The fraction of sp³-hybridized carbons (Fsp3) is 0.381. The molecule has 0 saturated heterocycles. The van der Waals surface area contributed by atoms with Gasteiger partial charge in [-0.15, -0.1) is 0 Å². The van der Waals surface area contributed by atoms with Gasteiger partial charge < -0.3 is 10.1 Å². The molecule has 0 bridgehead atoms. The van der Waals surface area contributed by atoms with Gasteiger partial charge in [0.05, 0.1) is 12.6 Å². The zero-order chi connectivity index (χ0) is 20.3. The molecule has 3 nitrogen and oxygen atoms in total. The molecule has 2 rings (SSSR count). The van der Waals surface area contributed by atoms with Crippen LogP contribution in [0.15, 0.2) is 54.6 Å². The summed E-state index contributed by atoms with van der Waals surface area (Å²) in [6.07, 6.45) is -4.46. The van der Waals surface area contributed by atoms with Crippen molar-refractivity contribution in [1.29, 1.82) is 0 Å². The minimum Gasteiger partial charge on any atom is -0.497 e. The molecule has 0 radical (unpaired) electrons. The summed E-state index contributed by atoms with van der Waals surface area (Å²) in [5.74, 6) is -1.31. The first-order valence-electron chi connectivity index (χ1n) is 8.68. The number of methoxy groups -OCH3 is 1. The highest BCUT2D eigenvalue weighted by Gasteiger charge is 2.51. The van der Waals surface area contributed by atoms with Crippen molar-refractivity contribution >= 4 is 5.91 Å². The Kier molecular flexibility index (Phi) is 5.88. The van der Waals surface area contributed by atoms with Crippen molar-refractivity contribution < 1.29 is 22.7 Å². The zero-order valence-corrected chi connectivity index (χ0v) is 15.9. The molecule has 2 aromatic carbocycles. The SMILES string of the molecule is CC[C@@](C)(c1ccc(OC)cc1)[C@](C)(NC(=O)C(F)(F)F)c1ccccc1. The van der Waals surface area contributed by atoms with Crippen LogP contribution < -0.4 is 10.1 Å². The third-order valence-corrected chi connectivity index (χ3v) is 5.51. The lowest BCUT2D eigenvalue weighted by Crippen LogP contribution is -2.59. The maximum absolute atomic E-state index is 13.1. The highest BCUT2D eigenvalue weighted by molar-refractivity contribution is 5.83. The summed E-state index contributed by atoms with van der Waals surface area (Å²) in [6.45, 7) is 5.39. The van der Waals surface area contributed by atoms with Gasteiger partial charge in [-0.3, -0.25) is 4.79 Å². The van der Waals surface area contributed by atoms with Crippen LogP contribution in [-0.2, 0) is 15.7 Å². The van der Waals surface area contributed by atoms with Gasteiger partial charge in [-0.2, -0.15) is 13.2 Å². The second-order valence-electron chi connectivity index (χ2n) is 6.86. The molecule has 0 heterocycles. The molecule has 2 aromatic rings. The highest BCUT2D eigenvalue weighted by atomic mass is 19.4. The molecule has 1 N–H and O–H groups in total. The predicted molar refractivity (Wildman–Crippen MR) is 98.6 cm³/mol. The van der Waals surface area contributed by atoms with Crippen molar-refractivity contribution in [1.82, 2.24) is 5.32 Å². The Morgan fingerprint density at radius 1 is 0.963 bits per heavy atom. The number of carbonyl (C=O) groups is 1. The zero-order valence-electron chi connectivity index (χ0n) is 15.9. The summed E-state index contributed by atoms with van der Waals surface area (Å²) in [5, 5.41) is 2.27. The fourth-order valence-electron chi connectivity index (χ4n) is 3.40. The van der Waals surface area contributed by atoms with Crippen LogP contribution in [0.4, 0.5) is 13.2 Å². The van der Waals surface area contributed by atoms with Crippen LogP contribution in [0.25, 0.3) is 0 Å². The summed E-state index contributed by atoms with van der Waals surface area (Å²) in [6, 6.07) is 15.9. The fourth-order valence-corrected chi connectivity index (χ4v) is 3.40. The molecule has 146 valence electrons. The molecule has 0 saturated carbocycles. The topological polar surface area (TPSA) is 38.3 Å². The number of halogens is 3. The summed E-state index contributed by atoms with van der Waals surface area (Å²) < 4.78 is 44.4. The molecule has 2 atom stereocenters. The third-order valence-electron chi connectivity index (χ3n) is 5.51. The Bertz CT molecular complexity index is 774. The molecule has 0 aromatic heterocycles. The number of ether oxygens (including phenoxy) is 1. The van der Waals surface area contributed by atoms with Gasteiger partial charge in [0.15, 0.2) is 0 Å². The number of carbonyl (C=O) groups excluding carboxylic acids is 1. The van der Waals surface area contributed by atoms with Crippen LogP contribution >= 0.6 is 0 Å². The summed E-state index contributed by atoms with van der Waals surface area (Å²) in [7, 11) is 1.55. The van der Waals surface area contributed by atoms with E-state index in [4.69, 9.17) is 4.74 Å². The molecule has 6 heteroatoms. The van der Waals surface area contributed by atoms with Crippen molar-refractivity contribution in [3.8, 4) is 5.75 Å². The molecule has 0 aliphatic rings. The maximum atomic E-state index is 13.1. The van der Waals surface area contributed by atoms with Gasteiger partial charge in [-0.05, 0) is 36.6 Å². The van der Waals surface area contributed by atoms with Gasteiger partial charge in [0.2, 0.25) is 0 Å². The number of alkyl halides is 3. The van der Waals surface area contributed by atoms with Crippen LogP contribution in [0.1, 0.15) is 38.3 Å². The number of rotatable bonds is 6. The van der Waals surface area contributed by atoms with Crippen molar-refractivity contribution in [2.75, 3.05) is 7.11 Å². The van der Waals surface area contributed by atoms with E-state index in [0.717, 1.165) is 5.56 Å². The van der Waals surface area contributed by atoms with E-state index in [1.54, 1.807) is 56.5 Å². The van der Waals surface area contributed by atoms with Crippen molar-refractivity contribution in [3.05, 3.63) is 65.7 Å². The van der Waals surface area contributed by atoms with Crippen molar-refractivity contribution in [2.24, 2.45) is 0 Å². The van der Waals surface area contributed by atoms with Crippen molar-refractivity contribution in [3.63, 3.8) is 0 Å². The Hall–Kier alpha value is -2.50. The molecule has 0 aliphatic carbocycles. The normalized spacial score (nSPS) is 16.1. The van der Waals surface area contributed by atoms with E-state index in [0.29, 0.717) is 17.7 Å². The second-order valence-corrected chi connectivity index (χ2v) is 6.86. The second kappa shape index (κ2) is 7.62. The first-order valence-corrected chi connectivity index (χ1v) is 8.68. The van der Waals surface area contributed by atoms with E-state index in [9.17, 15) is 18.0 Å². The van der Waals surface area contributed by atoms with Gasteiger partial charge in [0, 0.05) is 5.41 Å². The van der Waals surface area contributed by atoms with E-state index in [1.165, 1.54) is 0 Å². The number of benzene rings is 2. The summed E-state index contributed by atoms with van der Waals surface area (Å²) in [5.41, 5.74) is -0.687. The molecule has 0 spiro atoms. The smallest absolute Gasteiger partial charge is 0.471 e. The largest absolute Gasteiger partial charge is 0.497 e. The molecule has 0 unspecified atom stereocenters. The number of hydrogen-bond acceptors (Lipinski definition) is 2. The van der Waals surface area contributed by atoms with Crippen LogP contribution in [0, 0.1) is 0 Å². The lowest BCUT2D eigenvalue weighted by Gasteiger charge is -2.48. The Balaban J connectivity index is 2.63. The Morgan fingerprint density at radius 3 is 1.96 bits per heavy atom. The minimum absolute atomic E-state index is 0.503. The van der Waals surface area contributed by atoms with E-state index in [2.05, 4.69) is 5.32 Å². The number of hydrogen-bond donors (Lipinski definition) is 1. The Morgan fingerprint density at radius 2 is 1.52 bits per heavy atom. The van der Waals surface area contributed by atoms with Gasteiger partial charge in [-0.1, -0.05) is 56.3 Å².